The van der Waals surface area contributed by atoms with Crippen molar-refractivity contribution in [2.45, 2.75) is 13.0 Å². The average Bonchev–Trinajstić information content (AvgIpc) is 2.42. The molecule has 98 valence electrons. The van der Waals surface area contributed by atoms with E-state index in [1.54, 1.807) is 11.0 Å². The van der Waals surface area contributed by atoms with E-state index in [0.717, 1.165) is 12.0 Å². The maximum atomic E-state index is 11.8. The quantitative estimate of drug-likeness (QED) is 0.559. The Morgan fingerprint density at radius 3 is 2.72 bits per heavy atom. The van der Waals surface area contributed by atoms with Crippen LogP contribution in [0.15, 0.2) is 43.0 Å². The highest BCUT2D eigenvalue weighted by atomic mass is 35.5. The Morgan fingerprint density at radius 2 is 2.11 bits per heavy atom. The van der Waals surface area contributed by atoms with Crippen LogP contribution < -0.4 is 0 Å². The Morgan fingerprint density at radius 1 is 1.39 bits per heavy atom. The van der Waals surface area contributed by atoms with Crippen molar-refractivity contribution in [2.24, 2.45) is 0 Å². The lowest BCUT2D eigenvalue weighted by molar-refractivity contribution is 0.100. The molecule has 0 unspecified atom stereocenters. The summed E-state index contributed by atoms with van der Waals surface area (Å²) >= 11 is 5.62. The highest BCUT2D eigenvalue weighted by molar-refractivity contribution is 6.17. The SMILES string of the molecule is C=CCN(CCCCl)C(=O)OCc1ccccc1. The Labute approximate surface area is 113 Å². The molecule has 4 heteroatoms. The molecule has 0 bridgehead atoms. The third-order valence-corrected chi connectivity index (χ3v) is 2.64. The molecule has 1 aromatic carbocycles. The summed E-state index contributed by atoms with van der Waals surface area (Å²) in [5.74, 6) is 0.527. The molecule has 0 heterocycles. The second-order valence-electron chi connectivity index (χ2n) is 3.82. The summed E-state index contributed by atoms with van der Waals surface area (Å²) in [7, 11) is 0. The lowest BCUT2D eigenvalue weighted by atomic mass is 10.2. The summed E-state index contributed by atoms with van der Waals surface area (Å²) in [6, 6.07) is 9.60. The topological polar surface area (TPSA) is 29.5 Å². The van der Waals surface area contributed by atoms with Gasteiger partial charge in [0, 0.05) is 19.0 Å². The maximum absolute atomic E-state index is 11.8. The predicted molar refractivity (Wildman–Crippen MR) is 73.7 cm³/mol. The number of carbonyl (C=O) groups is 1. The molecular weight excluding hydrogens is 250 g/mol. The van der Waals surface area contributed by atoms with Crippen molar-refractivity contribution >= 4 is 17.7 Å². The van der Waals surface area contributed by atoms with Crippen LogP contribution in [0, 0.1) is 0 Å². The van der Waals surface area contributed by atoms with Crippen molar-refractivity contribution in [1.82, 2.24) is 4.90 Å². The van der Waals surface area contributed by atoms with E-state index in [1.165, 1.54) is 0 Å². The minimum Gasteiger partial charge on any atom is -0.445 e. The molecule has 1 amide bonds. The van der Waals surface area contributed by atoms with E-state index in [9.17, 15) is 4.79 Å². The number of halogens is 1. The lowest BCUT2D eigenvalue weighted by Gasteiger charge is -2.20. The number of hydrogen-bond donors (Lipinski definition) is 0. The first kappa shape index (κ1) is 14.6. The van der Waals surface area contributed by atoms with Crippen LogP contribution >= 0.6 is 11.6 Å². The Balaban J connectivity index is 2.43. The zero-order chi connectivity index (χ0) is 13.2. The van der Waals surface area contributed by atoms with Crippen LogP contribution in [0.2, 0.25) is 0 Å². The van der Waals surface area contributed by atoms with Crippen LogP contribution in [0.4, 0.5) is 4.79 Å². The Kier molecular flexibility index (Phi) is 6.96. The standard InChI is InChI=1S/C14H18ClNO2/c1-2-10-16(11-6-9-15)14(17)18-12-13-7-4-3-5-8-13/h2-5,7-8H,1,6,9-12H2. The van der Waals surface area contributed by atoms with E-state index >= 15 is 0 Å². The number of alkyl halides is 1. The fraction of sp³-hybridized carbons (Fsp3) is 0.357. The van der Waals surface area contributed by atoms with Gasteiger partial charge in [0.1, 0.15) is 6.61 Å². The van der Waals surface area contributed by atoms with Gasteiger partial charge in [0.05, 0.1) is 0 Å². The molecule has 0 aromatic heterocycles. The zero-order valence-corrected chi connectivity index (χ0v) is 11.1. The van der Waals surface area contributed by atoms with E-state index in [-0.39, 0.29) is 12.7 Å². The van der Waals surface area contributed by atoms with Crippen LogP contribution in [0.25, 0.3) is 0 Å². The van der Waals surface area contributed by atoms with Crippen molar-refractivity contribution in [3.8, 4) is 0 Å². The van der Waals surface area contributed by atoms with Crippen LogP contribution in [-0.4, -0.2) is 30.0 Å². The first-order valence-electron chi connectivity index (χ1n) is 5.90. The number of amides is 1. The Hall–Kier alpha value is -1.48. The third kappa shape index (κ3) is 5.23. The van der Waals surface area contributed by atoms with E-state index in [1.807, 2.05) is 30.3 Å². The second kappa shape index (κ2) is 8.59. The molecule has 3 nitrogen and oxygen atoms in total. The van der Waals surface area contributed by atoms with Gasteiger partial charge in [-0.25, -0.2) is 4.79 Å². The van der Waals surface area contributed by atoms with Gasteiger partial charge in [0.25, 0.3) is 0 Å². The van der Waals surface area contributed by atoms with Crippen LogP contribution in [-0.2, 0) is 11.3 Å². The molecule has 18 heavy (non-hydrogen) atoms. The monoisotopic (exact) mass is 267 g/mol. The molecule has 0 saturated carbocycles. The van der Waals surface area contributed by atoms with E-state index in [4.69, 9.17) is 16.3 Å². The van der Waals surface area contributed by atoms with Crippen molar-refractivity contribution in [2.75, 3.05) is 19.0 Å². The van der Waals surface area contributed by atoms with Gasteiger partial charge in [0.15, 0.2) is 0 Å². The number of benzene rings is 1. The summed E-state index contributed by atoms with van der Waals surface area (Å²) in [6.07, 6.45) is 2.09. The van der Waals surface area contributed by atoms with Gasteiger partial charge in [0.2, 0.25) is 0 Å². The summed E-state index contributed by atoms with van der Waals surface area (Å²) in [4.78, 5) is 13.4. The highest BCUT2D eigenvalue weighted by Crippen LogP contribution is 2.04. The maximum Gasteiger partial charge on any atom is 0.410 e. The first-order chi connectivity index (χ1) is 8.77. The molecule has 0 atom stereocenters. The van der Waals surface area contributed by atoms with Gasteiger partial charge in [-0.1, -0.05) is 36.4 Å². The molecule has 0 radical (unpaired) electrons. The van der Waals surface area contributed by atoms with E-state index in [0.29, 0.717) is 19.0 Å². The lowest BCUT2D eigenvalue weighted by Crippen LogP contribution is -2.32. The van der Waals surface area contributed by atoms with Gasteiger partial charge >= 0.3 is 6.09 Å². The van der Waals surface area contributed by atoms with Crippen molar-refractivity contribution in [3.05, 3.63) is 48.6 Å². The molecule has 1 aromatic rings. The highest BCUT2D eigenvalue weighted by Gasteiger charge is 2.12. The number of carbonyl (C=O) groups excluding carboxylic acids is 1. The van der Waals surface area contributed by atoms with Crippen LogP contribution in [0.1, 0.15) is 12.0 Å². The number of nitrogens with zero attached hydrogens (tertiary/aromatic N) is 1. The molecule has 0 saturated heterocycles. The van der Waals surface area contributed by atoms with Gasteiger partial charge in [-0.15, -0.1) is 18.2 Å². The number of ether oxygens (including phenoxy) is 1. The molecule has 0 aliphatic heterocycles. The fourth-order valence-corrected chi connectivity index (χ4v) is 1.59. The fourth-order valence-electron chi connectivity index (χ4n) is 1.47. The molecule has 0 N–H and O–H groups in total. The molecule has 0 aliphatic carbocycles. The van der Waals surface area contributed by atoms with Crippen molar-refractivity contribution in [1.29, 1.82) is 0 Å². The average molecular weight is 268 g/mol. The molecule has 1 rings (SSSR count). The normalized spacial score (nSPS) is 9.83. The van der Waals surface area contributed by atoms with Gasteiger partial charge in [-0.2, -0.15) is 0 Å². The van der Waals surface area contributed by atoms with Gasteiger partial charge < -0.3 is 9.64 Å². The predicted octanol–water partition coefficient (Wildman–Crippen LogP) is 3.44. The summed E-state index contributed by atoms with van der Waals surface area (Å²) in [6.45, 7) is 4.98. The summed E-state index contributed by atoms with van der Waals surface area (Å²) in [5, 5.41) is 0. The number of hydrogen-bond acceptors (Lipinski definition) is 2. The summed E-state index contributed by atoms with van der Waals surface area (Å²) in [5.41, 5.74) is 0.974. The Bertz CT molecular complexity index is 367. The third-order valence-electron chi connectivity index (χ3n) is 2.37. The molecule has 0 spiro atoms. The van der Waals surface area contributed by atoms with Crippen LogP contribution in [0.5, 0.6) is 0 Å². The minimum atomic E-state index is -0.330. The second-order valence-corrected chi connectivity index (χ2v) is 4.20. The largest absolute Gasteiger partial charge is 0.445 e. The molecule has 0 fully saturated rings. The molecule has 0 aliphatic rings. The van der Waals surface area contributed by atoms with Crippen molar-refractivity contribution in [3.63, 3.8) is 0 Å². The van der Waals surface area contributed by atoms with Crippen LogP contribution in [0.3, 0.4) is 0 Å². The van der Waals surface area contributed by atoms with Gasteiger partial charge in [-0.05, 0) is 12.0 Å². The number of rotatable bonds is 7. The van der Waals surface area contributed by atoms with E-state index in [2.05, 4.69) is 6.58 Å². The summed E-state index contributed by atoms with van der Waals surface area (Å²) < 4.78 is 5.24. The minimum absolute atomic E-state index is 0.286. The van der Waals surface area contributed by atoms with E-state index < -0.39 is 0 Å². The van der Waals surface area contributed by atoms with Gasteiger partial charge in [-0.3, -0.25) is 0 Å². The molecular formula is C14H18ClNO2. The first-order valence-corrected chi connectivity index (χ1v) is 6.44. The van der Waals surface area contributed by atoms with Crippen molar-refractivity contribution < 1.29 is 9.53 Å². The smallest absolute Gasteiger partial charge is 0.410 e. The zero-order valence-electron chi connectivity index (χ0n) is 10.3.